The molecule has 2 rings (SSSR count). The summed E-state index contributed by atoms with van der Waals surface area (Å²) in [7, 11) is 0. The Hall–Kier alpha value is -0.610. The molecule has 1 amide bonds. The number of amides is 1. The van der Waals surface area contributed by atoms with Gasteiger partial charge in [0.2, 0.25) is 5.91 Å². The van der Waals surface area contributed by atoms with Gasteiger partial charge in [0.05, 0.1) is 6.54 Å². The summed E-state index contributed by atoms with van der Waals surface area (Å²) in [6, 6.07) is 0.477. The molecule has 0 saturated carbocycles. The number of hydrogen-bond acceptors (Lipinski definition) is 3. The lowest BCUT2D eigenvalue weighted by atomic mass is 9.90. The van der Waals surface area contributed by atoms with Crippen molar-refractivity contribution < 1.29 is 4.79 Å². The van der Waals surface area contributed by atoms with Crippen molar-refractivity contribution in [2.24, 2.45) is 11.1 Å². The number of nitrogens with two attached hydrogens (primary N) is 1. The Morgan fingerprint density at radius 2 is 2.16 bits per heavy atom. The molecule has 0 radical (unpaired) electrons. The highest BCUT2D eigenvalue weighted by Gasteiger charge is 2.34. The third kappa shape index (κ3) is 3.48. The molecule has 0 aromatic heterocycles. The maximum atomic E-state index is 12.5. The fourth-order valence-corrected chi connectivity index (χ4v) is 3.46. The highest BCUT2D eigenvalue weighted by Crippen LogP contribution is 2.28. The number of piperidine rings is 1. The molecule has 0 aliphatic carbocycles. The van der Waals surface area contributed by atoms with Gasteiger partial charge in [0.1, 0.15) is 0 Å². The average Bonchev–Trinajstić information content (AvgIpc) is 2.81. The second-order valence-corrected chi connectivity index (χ2v) is 6.62. The largest absolute Gasteiger partial charge is 0.339 e. The quantitative estimate of drug-likeness (QED) is 0.838. The summed E-state index contributed by atoms with van der Waals surface area (Å²) in [5, 5.41) is 0. The van der Waals surface area contributed by atoms with Crippen LogP contribution >= 0.6 is 0 Å². The zero-order chi connectivity index (χ0) is 13.9. The lowest BCUT2D eigenvalue weighted by molar-refractivity contribution is -0.136. The molecular weight excluding hydrogens is 238 g/mol. The van der Waals surface area contributed by atoms with Crippen LogP contribution < -0.4 is 5.73 Å². The molecule has 2 atom stereocenters. The Balaban J connectivity index is 1.87. The van der Waals surface area contributed by atoms with E-state index in [0.29, 0.717) is 18.5 Å². The minimum atomic E-state index is 0.215. The SMILES string of the molecule is CCC1CCCCN1C(=O)CN1CCC(C)(CN)C1. The van der Waals surface area contributed by atoms with Gasteiger partial charge in [-0.2, -0.15) is 0 Å². The molecule has 2 heterocycles. The highest BCUT2D eigenvalue weighted by molar-refractivity contribution is 5.78. The first-order valence-corrected chi connectivity index (χ1v) is 7.80. The van der Waals surface area contributed by atoms with Crippen molar-refractivity contribution in [1.29, 1.82) is 0 Å². The molecule has 2 saturated heterocycles. The van der Waals surface area contributed by atoms with Crippen LogP contribution in [-0.2, 0) is 4.79 Å². The Morgan fingerprint density at radius 3 is 2.79 bits per heavy atom. The van der Waals surface area contributed by atoms with Crippen molar-refractivity contribution in [2.45, 2.75) is 52.0 Å². The van der Waals surface area contributed by atoms with Gasteiger partial charge in [-0.3, -0.25) is 9.69 Å². The van der Waals surface area contributed by atoms with Crippen molar-refractivity contribution in [3.63, 3.8) is 0 Å². The molecule has 0 bridgehead atoms. The Bertz CT molecular complexity index is 321. The van der Waals surface area contributed by atoms with Gasteiger partial charge >= 0.3 is 0 Å². The molecule has 2 aliphatic heterocycles. The first kappa shape index (κ1) is 14.8. The number of likely N-dealkylation sites (tertiary alicyclic amines) is 2. The molecule has 19 heavy (non-hydrogen) atoms. The van der Waals surface area contributed by atoms with E-state index in [1.807, 2.05) is 0 Å². The van der Waals surface area contributed by atoms with E-state index in [0.717, 1.165) is 39.0 Å². The highest BCUT2D eigenvalue weighted by atomic mass is 16.2. The van der Waals surface area contributed by atoms with Gasteiger partial charge in [-0.25, -0.2) is 0 Å². The normalized spacial score (nSPS) is 32.8. The van der Waals surface area contributed by atoms with E-state index in [1.165, 1.54) is 19.3 Å². The molecule has 2 fully saturated rings. The lowest BCUT2D eigenvalue weighted by Crippen LogP contribution is -2.47. The van der Waals surface area contributed by atoms with E-state index in [1.54, 1.807) is 0 Å². The van der Waals surface area contributed by atoms with Gasteiger partial charge in [0.25, 0.3) is 0 Å². The van der Waals surface area contributed by atoms with Crippen molar-refractivity contribution in [2.75, 3.05) is 32.7 Å². The first-order chi connectivity index (χ1) is 9.08. The summed E-state index contributed by atoms with van der Waals surface area (Å²) in [5.41, 5.74) is 6.04. The van der Waals surface area contributed by atoms with Gasteiger partial charge in [0, 0.05) is 19.1 Å². The van der Waals surface area contributed by atoms with E-state index < -0.39 is 0 Å². The summed E-state index contributed by atoms with van der Waals surface area (Å²) >= 11 is 0. The van der Waals surface area contributed by atoms with Gasteiger partial charge in [-0.15, -0.1) is 0 Å². The monoisotopic (exact) mass is 267 g/mol. The van der Waals surface area contributed by atoms with Crippen molar-refractivity contribution in [3.05, 3.63) is 0 Å². The molecular formula is C15H29N3O. The average molecular weight is 267 g/mol. The van der Waals surface area contributed by atoms with Gasteiger partial charge in [-0.1, -0.05) is 13.8 Å². The molecule has 4 heteroatoms. The smallest absolute Gasteiger partial charge is 0.236 e. The second-order valence-electron chi connectivity index (χ2n) is 6.62. The van der Waals surface area contributed by atoms with Gasteiger partial charge in [0.15, 0.2) is 0 Å². The van der Waals surface area contributed by atoms with E-state index in [4.69, 9.17) is 5.73 Å². The Morgan fingerprint density at radius 1 is 1.37 bits per heavy atom. The topological polar surface area (TPSA) is 49.6 Å². The molecule has 4 nitrogen and oxygen atoms in total. The third-order valence-corrected chi connectivity index (χ3v) is 4.91. The minimum absolute atomic E-state index is 0.215. The Labute approximate surface area is 117 Å². The molecule has 2 unspecified atom stereocenters. The van der Waals surface area contributed by atoms with E-state index in [-0.39, 0.29) is 5.41 Å². The van der Waals surface area contributed by atoms with Crippen LogP contribution in [0.5, 0.6) is 0 Å². The number of hydrogen-bond donors (Lipinski definition) is 1. The fraction of sp³-hybridized carbons (Fsp3) is 0.933. The number of carbonyl (C=O) groups excluding carboxylic acids is 1. The number of carbonyl (C=O) groups is 1. The van der Waals surface area contributed by atoms with Gasteiger partial charge in [-0.05, 0) is 50.6 Å². The van der Waals surface area contributed by atoms with Crippen molar-refractivity contribution >= 4 is 5.91 Å². The van der Waals surface area contributed by atoms with Crippen LogP contribution in [0.4, 0.5) is 0 Å². The van der Waals surface area contributed by atoms with Gasteiger partial charge < -0.3 is 10.6 Å². The van der Waals surface area contributed by atoms with Crippen LogP contribution in [0.25, 0.3) is 0 Å². The van der Waals surface area contributed by atoms with E-state index in [9.17, 15) is 4.79 Å². The second kappa shape index (κ2) is 6.23. The van der Waals surface area contributed by atoms with Crippen LogP contribution in [0.3, 0.4) is 0 Å². The molecule has 0 aromatic rings. The minimum Gasteiger partial charge on any atom is -0.339 e. The molecule has 110 valence electrons. The van der Waals surface area contributed by atoms with Crippen LogP contribution in [0.15, 0.2) is 0 Å². The first-order valence-electron chi connectivity index (χ1n) is 7.80. The summed E-state index contributed by atoms with van der Waals surface area (Å²) in [5.74, 6) is 0.327. The molecule has 0 spiro atoms. The van der Waals surface area contributed by atoms with E-state index >= 15 is 0 Å². The summed E-state index contributed by atoms with van der Waals surface area (Å²) < 4.78 is 0. The maximum Gasteiger partial charge on any atom is 0.236 e. The molecule has 2 aliphatic rings. The Kier molecular flexibility index (Phi) is 4.85. The fourth-order valence-electron chi connectivity index (χ4n) is 3.46. The van der Waals surface area contributed by atoms with E-state index in [2.05, 4.69) is 23.6 Å². The predicted molar refractivity (Wildman–Crippen MR) is 77.9 cm³/mol. The zero-order valence-corrected chi connectivity index (χ0v) is 12.5. The van der Waals surface area contributed by atoms with Crippen LogP contribution in [0, 0.1) is 5.41 Å². The number of rotatable bonds is 4. The third-order valence-electron chi connectivity index (χ3n) is 4.91. The summed E-state index contributed by atoms with van der Waals surface area (Å²) in [6.45, 7) is 8.68. The van der Waals surface area contributed by atoms with Crippen LogP contribution in [0.2, 0.25) is 0 Å². The van der Waals surface area contributed by atoms with Crippen molar-refractivity contribution in [1.82, 2.24) is 9.80 Å². The lowest BCUT2D eigenvalue weighted by Gasteiger charge is -2.36. The molecule has 2 N–H and O–H groups in total. The van der Waals surface area contributed by atoms with Crippen molar-refractivity contribution in [3.8, 4) is 0 Å². The van der Waals surface area contributed by atoms with Crippen LogP contribution in [-0.4, -0.2) is 54.5 Å². The summed E-state index contributed by atoms with van der Waals surface area (Å²) in [6.07, 6.45) is 5.84. The maximum absolute atomic E-state index is 12.5. The zero-order valence-electron chi connectivity index (χ0n) is 12.5. The standard InChI is InChI=1S/C15H29N3O/c1-3-13-6-4-5-8-18(13)14(19)10-17-9-7-15(2,11-16)12-17/h13H,3-12,16H2,1-2H3. The summed E-state index contributed by atoms with van der Waals surface area (Å²) in [4.78, 5) is 16.9. The molecule has 0 aromatic carbocycles. The van der Waals surface area contributed by atoms with Crippen LogP contribution in [0.1, 0.15) is 46.0 Å². The number of nitrogens with zero attached hydrogens (tertiary/aromatic N) is 2. The predicted octanol–water partition coefficient (Wildman–Crippen LogP) is 1.45.